The Balaban J connectivity index is 2.66. The monoisotopic (exact) mass is 274 g/mol. The molecule has 0 aliphatic rings. The van der Waals surface area contributed by atoms with Gasteiger partial charge in [-0.3, -0.25) is 9.59 Å². The molecule has 1 aromatic rings. The fraction of sp³-hybridized carbons (Fsp3) is 0.333. The van der Waals surface area contributed by atoms with E-state index < -0.39 is 5.97 Å². The number of hydrogen-bond donors (Lipinski definition) is 0. The van der Waals surface area contributed by atoms with E-state index >= 15 is 0 Å². The standard InChI is InChI=1S/C12H12Cl2O3/c1-2-3-17-12(16)7-11(15)8-4-9(13)6-10(14)5-8/h4-6H,2-3,7H2,1H3. The lowest BCUT2D eigenvalue weighted by Gasteiger charge is -2.03. The lowest BCUT2D eigenvalue weighted by atomic mass is 10.1. The van der Waals surface area contributed by atoms with E-state index in [0.29, 0.717) is 22.2 Å². The third-order valence-electron chi connectivity index (χ3n) is 1.96. The molecule has 0 fully saturated rings. The van der Waals surface area contributed by atoms with E-state index in [2.05, 4.69) is 0 Å². The minimum Gasteiger partial charge on any atom is -0.465 e. The van der Waals surface area contributed by atoms with E-state index in [0.717, 1.165) is 6.42 Å². The number of rotatable bonds is 5. The molecular formula is C12H12Cl2O3. The van der Waals surface area contributed by atoms with E-state index in [9.17, 15) is 9.59 Å². The van der Waals surface area contributed by atoms with Gasteiger partial charge in [-0.1, -0.05) is 30.1 Å². The zero-order chi connectivity index (χ0) is 12.8. The molecule has 0 amide bonds. The lowest BCUT2D eigenvalue weighted by molar-refractivity contribution is -0.142. The Kier molecular flexibility index (Phi) is 5.45. The Bertz CT molecular complexity index is 410. The number of halogens is 2. The average molecular weight is 275 g/mol. The van der Waals surface area contributed by atoms with E-state index in [1.54, 1.807) is 0 Å². The number of hydrogen-bond acceptors (Lipinski definition) is 3. The third kappa shape index (κ3) is 4.75. The molecule has 0 bridgehead atoms. The summed E-state index contributed by atoms with van der Waals surface area (Å²) in [7, 11) is 0. The highest BCUT2D eigenvalue weighted by Crippen LogP contribution is 2.20. The fourth-order valence-electron chi connectivity index (χ4n) is 1.21. The van der Waals surface area contributed by atoms with Crippen molar-refractivity contribution in [3.63, 3.8) is 0 Å². The molecule has 0 heterocycles. The van der Waals surface area contributed by atoms with Crippen molar-refractivity contribution in [2.24, 2.45) is 0 Å². The Morgan fingerprint density at radius 3 is 2.29 bits per heavy atom. The summed E-state index contributed by atoms with van der Waals surface area (Å²) in [6.45, 7) is 2.20. The summed E-state index contributed by atoms with van der Waals surface area (Å²) in [5, 5.41) is 0.727. The first kappa shape index (κ1) is 14.0. The topological polar surface area (TPSA) is 43.4 Å². The molecular weight excluding hydrogens is 263 g/mol. The van der Waals surface area contributed by atoms with Gasteiger partial charge in [-0.2, -0.15) is 0 Å². The summed E-state index contributed by atoms with van der Waals surface area (Å²) in [5.74, 6) is -0.886. The molecule has 0 aromatic heterocycles. The van der Waals surface area contributed by atoms with Gasteiger partial charge >= 0.3 is 5.97 Å². The highest BCUT2D eigenvalue weighted by molar-refractivity contribution is 6.35. The van der Waals surface area contributed by atoms with Crippen molar-refractivity contribution < 1.29 is 14.3 Å². The number of carbonyl (C=O) groups is 2. The summed E-state index contributed by atoms with van der Waals surface area (Å²) < 4.78 is 4.82. The van der Waals surface area contributed by atoms with Gasteiger partial charge in [0, 0.05) is 15.6 Å². The van der Waals surface area contributed by atoms with E-state index in [-0.39, 0.29) is 12.2 Å². The molecule has 17 heavy (non-hydrogen) atoms. The van der Waals surface area contributed by atoms with Crippen molar-refractivity contribution >= 4 is 35.0 Å². The van der Waals surface area contributed by atoms with Crippen LogP contribution < -0.4 is 0 Å². The molecule has 3 nitrogen and oxygen atoms in total. The van der Waals surface area contributed by atoms with Gasteiger partial charge in [-0.25, -0.2) is 0 Å². The minimum absolute atomic E-state index is 0.295. The molecule has 0 aliphatic carbocycles. The van der Waals surface area contributed by atoms with Crippen molar-refractivity contribution in [1.82, 2.24) is 0 Å². The molecule has 1 rings (SSSR count). The number of benzene rings is 1. The Hall–Kier alpha value is -1.06. The van der Waals surface area contributed by atoms with Gasteiger partial charge in [0.05, 0.1) is 6.61 Å². The molecule has 1 aromatic carbocycles. The largest absolute Gasteiger partial charge is 0.465 e. The summed E-state index contributed by atoms with van der Waals surface area (Å²) in [5.41, 5.74) is 0.316. The summed E-state index contributed by atoms with van der Waals surface area (Å²) in [6.07, 6.45) is 0.430. The Labute approximate surface area is 110 Å². The van der Waals surface area contributed by atoms with Gasteiger partial charge in [0.1, 0.15) is 6.42 Å². The summed E-state index contributed by atoms with van der Waals surface area (Å²) in [6, 6.07) is 4.47. The smallest absolute Gasteiger partial charge is 0.313 e. The van der Waals surface area contributed by atoms with Crippen molar-refractivity contribution in [3.05, 3.63) is 33.8 Å². The number of carbonyl (C=O) groups excluding carboxylic acids is 2. The van der Waals surface area contributed by atoms with E-state index in [1.165, 1.54) is 18.2 Å². The fourth-order valence-corrected chi connectivity index (χ4v) is 1.74. The number of ether oxygens (including phenoxy) is 1. The average Bonchev–Trinajstić information content (AvgIpc) is 2.25. The Morgan fingerprint density at radius 1 is 1.18 bits per heavy atom. The Morgan fingerprint density at radius 2 is 1.76 bits per heavy atom. The van der Waals surface area contributed by atoms with Gasteiger partial charge in [0.25, 0.3) is 0 Å². The van der Waals surface area contributed by atoms with Crippen molar-refractivity contribution in [1.29, 1.82) is 0 Å². The van der Waals surface area contributed by atoms with Crippen LogP contribution in [0.15, 0.2) is 18.2 Å². The molecule has 5 heteroatoms. The maximum absolute atomic E-state index is 11.7. The second-order valence-corrected chi connectivity index (χ2v) is 4.35. The summed E-state index contributed by atoms with van der Waals surface area (Å²) in [4.78, 5) is 23.0. The minimum atomic E-state index is -0.534. The molecule has 0 saturated carbocycles. The quantitative estimate of drug-likeness (QED) is 0.469. The first-order valence-electron chi connectivity index (χ1n) is 5.18. The van der Waals surface area contributed by atoms with E-state index in [4.69, 9.17) is 27.9 Å². The van der Waals surface area contributed by atoms with Crippen LogP contribution in [0.25, 0.3) is 0 Å². The number of esters is 1. The first-order valence-corrected chi connectivity index (χ1v) is 5.93. The van der Waals surface area contributed by atoms with Crippen molar-refractivity contribution in [3.8, 4) is 0 Å². The zero-order valence-electron chi connectivity index (χ0n) is 9.33. The molecule has 0 radical (unpaired) electrons. The van der Waals surface area contributed by atoms with Gasteiger partial charge in [-0.05, 0) is 24.6 Å². The maximum Gasteiger partial charge on any atom is 0.313 e. The molecule has 0 unspecified atom stereocenters. The predicted molar refractivity (Wildman–Crippen MR) is 66.7 cm³/mol. The van der Waals surface area contributed by atoms with Crippen LogP contribution in [-0.4, -0.2) is 18.4 Å². The summed E-state index contributed by atoms with van der Waals surface area (Å²) >= 11 is 11.5. The van der Waals surface area contributed by atoms with E-state index in [1.807, 2.05) is 6.92 Å². The van der Waals surface area contributed by atoms with Gasteiger partial charge in [-0.15, -0.1) is 0 Å². The van der Waals surface area contributed by atoms with Crippen LogP contribution in [0.5, 0.6) is 0 Å². The predicted octanol–water partition coefficient (Wildman–Crippen LogP) is 3.52. The molecule has 92 valence electrons. The molecule has 0 atom stereocenters. The van der Waals surface area contributed by atoms with Crippen molar-refractivity contribution in [2.75, 3.05) is 6.61 Å². The second kappa shape index (κ2) is 6.62. The zero-order valence-corrected chi connectivity index (χ0v) is 10.8. The maximum atomic E-state index is 11.7. The van der Waals surface area contributed by atoms with Crippen LogP contribution >= 0.6 is 23.2 Å². The first-order chi connectivity index (χ1) is 8.02. The SMILES string of the molecule is CCCOC(=O)CC(=O)c1cc(Cl)cc(Cl)c1. The molecule has 0 aliphatic heterocycles. The number of ketones is 1. The van der Waals surface area contributed by atoms with Gasteiger partial charge in [0.2, 0.25) is 0 Å². The molecule has 0 spiro atoms. The van der Waals surface area contributed by atoms with Crippen LogP contribution in [0.3, 0.4) is 0 Å². The third-order valence-corrected chi connectivity index (χ3v) is 2.39. The molecule has 0 N–H and O–H groups in total. The van der Waals surface area contributed by atoms with Crippen LogP contribution in [0.1, 0.15) is 30.1 Å². The normalized spacial score (nSPS) is 10.1. The second-order valence-electron chi connectivity index (χ2n) is 3.48. The van der Waals surface area contributed by atoms with Crippen LogP contribution in [0, 0.1) is 0 Å². The molecule has 0 saturated heterocycles. The number of Topliss-reactive ketones (excluding diaryl/α,β-unsaturated/α-hetero) is 1. The van der Waals surface area contributed by atoms with Crippen molar-refractivity contribution in [2.45, 2.75) is 19.8 Å². The highest BCUT2D eigenvalue weighted by atomic mass is 35.5. The van der Waals surface area contributed by atoms with Crippen LogP contribution in [-0.2, 0) is 9.53 Å². The van der Waals surface area contributed by atoms with Crippen LogP contribution in [0.4, 0.5) is 0 Å². The van der Waals surface area contributed by atoms with Gasteiger partial charge in [0.15, 0.2) is 5.78 Å². The highest BCUT2D eigenvalue weighted by Gasteiger charge is 2.13. The lowest BCUT2D eigenvalue weighted by Crippen LogP contribution is -2.12. The van der Waals surface area contributed by atoms with Gasteiger partial charge < -0.3 is 4.74 Å². The van der Waals surface area contributed by atoms with Crippen LogP contribution in [0.2, 0.25) is 10.0 Å².